The Kier molecular flexibility index (Phi) is 4.41. The number of amides is 1. The van der Waals surface area contributed by atoms with Crippen molar-refractivity contribution in [3.8, 4) is 11.3 Å². The van der Waals surface area contributed by atoms with E-state index in [4.69, 9.17) is 16.1 Å². The number of carbonyl (C=O) groups excluding carboxylic acids is 1. The number of hydrogen-bond acceptors (Lipinski definition) is 5. The van der Waals surface area contributed by atoms with Gasteiger partial charge in [0.05, 0.1) is 23.6 Å². The van der Waals surface area contributed by atoms with E-state index in [-0.39, 0.29) is 29.9 Å². The lowest BCUT2D eigenvalue weighted by Gasteiger charge is -2.09. The summed E-state index contributed by atoms with van der Waals surface area (Å²) in [7, 11) is -3.01. The third kappa shape index (κ3) is 4.11. The number of rotatable bonds is 4. The quantitative estimate of drug-likeness (QED) is 0.904. The molecule has 0 aliphatic carbocycles. The summed E-state index contributed by atoms with van der Waals surface area (Å²) in [6, 6.07) is 8.47. The molecule has 0 radical (unpaired) electrons. The fraction of sp³-hybridized carbons (Fsp3) is 0.333. The number of benzene rings is 1. The van der Waals surface area contributed by atoms with Gasteiger partial charge < -0.3 is 9.84 Å². The second-order valence-corrected chi connectivity index (χ2v) is 8.20. The molecule has 1 aliphatic heterocycles. The molecule has 1 amide bonds. The minimum absolute atomic E-state index is 0.00752. The van der Waals surface area contributed by atoms with Gasteiger partial charge in [0.2, 0.25) is 5.91 Å². The van der Waals surface area contributed by atoms with Crippen molar-refractivity contribution in [1.82, 2.24) is 10.5 Å². The molecule has 1 aromatic carbocycles. The van der Waals surface area contributed by atoms with Gasteiger partial charge in [0, 0.05) is 22.7 Å². The van der Waals surface area contributed by atoms with E-state index in [0.717, 1.165) is 5.56 Å². The van der Waals surface area contributed by atoms with Crippen LogP contribution in [0.4, 0.5) is 0 Å². The Morgan fingerprint density at radius 1 is 1.35 bits per heavy atom. The lowest BCUT2D eigenvalue weighted by atomic mass is 10.1. The van der Waals surface area contributed by atoms with Crippen LogP contribution in [0.15, 0.2) is 34.9 Å². The molecule has 1 atom stereocenters. The molecule has 2 aromatic rings. The smallest absolute Gasteiger partial charge is 0.226 e. The second kappa shape index (κ2) is 6.33. The van der Waals surface area contributed by atoms with Gasteiger partial charge in [0.15, 0.2) is 15.6 Å². The lowest BCUT2D eigenvalue weighted by Crippen LogP contribution is -2.36. The zero-order chi connectivity index (χ0) is 16.4. The number of nitrogens with one attached hydrogen (secondary N) is 1. The van der Waals surface area contributed by atoms with Crippen LogP contribution in [0.1, 0.15) is 12.1 Å². The first-order valence-electron chi connectivity index (χ1n) is 7.13. The predicted molar refractivity (Wildman–Crippen MR) is 85.9 cm³/mol. The molecule has 8 heteroatoms. The normalized spacial score (nSPS) is 19.6. The Hall–Kier alpha value is -1.86. The molecular formula is C15H15ClN2O4S. The summed E-state index contributed by atoms with van der Waals surface area (Å²) in [6.45, 7) is 0. The van der Waals surface area contributed by atoms with Crippen LogP contribution in [0, 0.1) is 0 Å². The highest BCUT2D eigenvalue weighted by Crippen LogP contribution is 2.22. The molecule has 1 fully saturated rings. The van der Waals surface area contributed by atoms with E-state index in [2.05, 4.69) is 10.5 Å². The molecule has 23 heavy (non-hydrogen) atoms. The highest BCUT2D eigenvalue weighted by atomic mass is 35.5. The van der Waals surface area contributed by atoms with E-state index < -0.39 is 9.84 Å². The average molecular weight is 355 g/mol. The maximum absolute atomic E-state index is 12.0. The zero-order valence-corrected chi connectivity index (χ0v) is 13.7. The minimum atomic E-state index is -3.01. The Morgan fingerprint density at radius 3 is 2.74 bits per heavy atom. The van der Waals surface area contributed by atoms with Crippen LogP contribution in [0.3, 0.4) is 0 Å². The lowest BCUT2D eigenvalue weighted by molar-refractivity contribution is -0.121. The van der Waals surface area contributed by atoms with Gasteiger partial charge in [0.1, 0.15) is 0 Å². The number of sulfone groups is 1. The summed E-state index contributed by atoms with van der Waals surface area (Å²) in [5.41, 5.74) is 1.31. The van der Waals surface area contributed by atoms with E-state index in [0.29, 0.717) is 22.9 Å². The Balaban J connectivity index is 1.60. The first-order chi connectivity index (χ1) is 10.9. The van der Waals surface area contributed by atoms with Crippen LogP contribution in [-0.2, 0) is 21.1 Å². The number of aromatic nitrogens is 1. The first-order valence-corrected chi connectivity index (χ1v) is 9.32. The molecule has 1 saturated heterocycles. The fourth-order valence-corrected chi connectivity index (χ4v) is 4.30. The van der Waals surface area contributed by atoms with E-state index in [1.54, 1.807) is 30.3 Å². The van der Waals surface area contributed by atoms with E-state index in [1.165, 1.54) is 0 Å². The van der Waals surface area contributed by atoms with E-state index in [1.807, 2.05) is 0 Å². The van der Waals surface area contributed by atoms with Gasteiger partial charge in [0.25, 0.3) is 0 Å². The van der Waals surface area contributed by atoms with Gasteiger partial charge in [-0.3, -0.25) is 4.79 Å². The molecular weight excluding hydrogens is 340 g/mol. The van der Waals surface area contributed by atoms with Crippen molar-refractivity contribution in [3.05, 3.63) is 41.0 Å². The van der Waals surface area contributed by atoms with Crippen LogP contribution in [-0.4, -0.2) is 37.0 Å². The van der Waals surface area contributed by atoms with Crippen LogP contribution < -0.4 is 5.32 Å². The number of nitrogens with zero attached hydrogens (tertiary/aromatic N) is 1. The summed E-state index contributed by atoms with van der Waals surface area (Å²) in [4.78, 5) is 12.0. The number of halogens is 1. The fourth-order valence-electron chi connectivity index (χ4n) is 2.50. The predicted octanol–water partition coefficient (Wildman–Crippen LogP) is 1.84. The van der Waals surface area contributed by atoms with Crippen molar-refractivity contribution < 1.29 is 17.7 Å². The van der Waals surface area contributed by atoms with Crippen LogP contribution >= 0.6 is 11.6 Å². The summed E-state index contributed by atoms with van der Waals surface area (Å²) >= 11 is 5.83. The van der Waals surface area contributed by atoms with Gasteiger partial charge in [-0.25, -0.2) is 8.42 Å². The SMILES string of the molecule is O=C(Cc1cc(-c2ccc(Cl)cc2)on1)NC1CCS(=O)(=O)C1. The maximum Gasteiger partial charge on any atom is 0.226 e. The van der Waals surface area contributed by atoms with Crippen molar-refractivity contribution >= 4 is 27.3 Å². The molecule has 0 spiro atoms. The third-order valence-electron chi connectivity index (χ3n) is 3.63. The summed E-state index contributed by atoms with van der Waals surface area (Å²) in [5.74, 6) is 0.423. The van der Waals surface area contributed by atoms with Gasteiger partial charge >= 0.3 is 0 Å². The molecule has 122 valence electrons. The number of carbonyl (C=O) groups is 1. The molecule has 2 heterocycles. The standard InChI is InChI=1S/C15H15ClN2O4S/c16-11-3-1-10(2-4-11)14-7-13(18-22-14)8-15(19)17-12-5-6-23(20,21)9-12/h1-4,7,12H,5-6,8-9H2,(H,17,19). The highest BCUT2D eigenvalue weighted by molar-refractivity contribution is 7.91. The minimum Gasteiger partial charge on any atom is -0.356 e. The van der Waals surface area contributed by atoms with Gasteiger partial charge in [-0.1, -0.05) is 16.8 Å². The first kappa shape index (κ1) is 16.0. The number of hydrogen-bond donors (Lipinski definition) is 1. The molecule has 0 bridgehead atoms. The van der Waals surface area contributed by atoms with E-state index in [9.17, 15) is 13.2 Å². The zero-order valence-electron chi connectivity index (χ0n) is 12.2. The molecule has 1 aliphatic rings. The van der Waals surface area contributed by atoms with Crippen LogP contribution in [0.5, 0.6) is 0 Å². The Bertz CT molecular complexity index is 814. The molecule has 3 rings (SSSR count). The monoisotopic (exact) mass is 354 g/mol. The summed E-state index contributed by atoms with van der Waals surface area (Å²) < 4.78 is 28.0. The summed E-state index contributed by atoms with van der Waals surface area (Å²) in [5, 5.41) is 7.22. The second-order valence-electron chi connectivity index (χ2n) is 5.53. The largest absolute Gasteiger partial charge is 0.356 e. The average Bonchev–Trinajstić information content (AvgIpc) is 3.06. The van der Waals surface area contributed by atoms with Crippen LogP contribution in [0.25, 0.3) is 11.3 Å². The third-order valence-corrected chi connectivity index (χ3v) is 5.65. The van der Waals surface area contributed by atoms with Crippen molar-refractivity contribution in [2.75, 3.05) is 11.5 Å². The van der Waals surface area contributed by atoms with Gasteiger partial charge in [-0.05, 0) is 30.7 Å². The van der Waals surface area contributed by atoms with Crippen molar-refractivity contribution in [2.45, 2.75) is 18.9 Å². The maximum atomic E-state index is 12.0. The molecule has 6 nitrogen and oxygen atoms in total. The van der Waals surface area contributed by atoms with Gasteiger partial charge in [-0.15, -0.1) is 0 Å². The molecule has 1 aromatic heterocycles. The Morgan fingerprint density at radius 2 is 2.09 bits per heavy atom. The summed E-state index contributed by atoms with van der Waals surface area (Å²) in [6.07, 6.45) is 0.510. The van der Waals surface area contributed by atoms with Crippen molar-refractivity contribution in [1.29, 1.82) is 0 Å². The van der Waals surface area contributed by atoms with Crippen LogP contribution in [0.2, 0.25) is 5.02 Å². The van der Waals surface area contributed by atoms with E-state index >= 15 is 0 Å². The van der Waals surface area contributed by atoms with Gasteiger partial charge in [-0.2, -0.15) is 0 Å². The highest BCUT2D eigenvalue weighted by Gasteiger charge is 2.29. The molecule has 1 N–H and O–H groups in total. The Labute approximate surface area is 138 Å². The molecule has 1 unspecified atom stereocenters. The molecule has 0 saturated carbocycles. The van der Waals surface area contributed by atoms with Crippen molar-refractivity contribution in [2.24, 2.45) is 0 Å². The van der Waals surface area contributed by atoms with Crippen molar-refractivity contribution in [3.63, 3.8) is 0 Å². The topological polar surface area (TPSA) is 89.3 Å².